The molecule has 0 heterocycles. The van der Waals surface area contributed by atoms with Crippen LogP contribution in [0.5, 0.6) is 0 Å². The normalized spacial score (nSPS) is 12.0. The van der Waals surface area contributed by atoms with Crippen LogP contribution in [0, 0.1) is 0 Å². The predicted octanol–water partition coefficient (Wildman–Crippen LogP) is 4.60. The number of hydrogen-bond acceptors (Lipinski definition) is 2. The first-order chi connectivity index (χ1) is 10.4. The molecule has 0 saturated carbocycles. The molecule has 1 aromatic rings. The Labute approximate surface area is 134 Å². The maximum Gasteiger partial charge on any atom is 0.410 e. The molecule has 0 unspecified atom stereocenters. The van der Waals surface area contributed by atoms with Gasteiger partial charge in [0.1, 0.15) is 6.61 Å². The summed E-state index contributed by atoms with van der Waals surface area (Å²) in [5.74, 6) is 0. The smallest absolute Gasteiger partial charge is 0.410 e. The molecule has 3 heteroatoms. The van der Waals surface area contributed by atoms with Gasteiger partial charge in [-0.05, 0) is 45.3 Å². The molecule has 22 heavy (non-hydrogen) atoms. The van der Waals surface area contributed by atoms with Crippen molar-refractivity contribution in [3.63, 3.8) is 0 Å². The van der Waals surface area contributed by atoms with Crippen LogP contribution in [0.4, 0.5) is 4.79 Å². The third-order valence-corrected chi connectivity index (χ3v) is 3.41. The predicted molar refractivity (Wildman–Crippen MR) is 91.9 cm³/mol. The number of carbonyl (C=O) groups excluding carboxylic acids is 1. The highest BCUT2D eigenvalue weighted by Crippen LogP contribution is 2.11. The van der Waals surface area contributed by atoms with Gasteiger partial charge in [0.2, 0.25) is 0 Å². The SMILES string of the molecule is CN(C(=O)OC/C=C/C=C/CCc1ccccc1)C(C)(C)C. The molecule has 1 aromatic carbocycles. The van der Waals surface area contributed by atoms with E-state index in [-0.39, 0.29) is 11.6 Å². The Balaban J connectivity index is 2.18. The number of amides is 1. The lowest BCUT2D eigenvalue weighted by atomic mass is 10.1. The van der Waals surface area contributed by atoms with Gasteiger partial charge in [-0.2, -0.15) is 0 Å². The molecule has 0 aliphatic heterocycles. The Hall–Kier alpha value is -2.03. The van der Waals surface area contributed by atoms with Crippen molar-refractivity contribution in [2.24, 2.45) is 0 Å². The van der Waals surface area contributed by atoms with E-state index in [1.807, 2.05) is 45.1 Å². The number of carbonyl (C=O) groups is 1. The summed E-state index contributed by atoms with van der Waals surface area (Å²) in [4.78, 5) is 13.3. The second-order valence-corrected chi connectivity index (χ2v) is 6.19. The molecule has 0 fully saturated rings. The standard InChI is InChI=1S/C19H27NO2/c1-19(2,3)20(4)18(21)22-16-12-7-5-6-9-13-17-14-10-8-11-15-17/h5-8,10-12,14-15H,9,13,16H2,1-4H3/b6-5+,12-7+. The fourth-order valence-electron chi connectivity index (χ4n) is 1.69. The van der Waals surface area contributed by atoms with Crippen molar-refractivity contribution in [3.05, 3.63) is 60.2 Å². The molecule has 0 aliphatic rings. The lowest BCUT2D eigenvalue weighted by Gasteiger charge is -2.30. The minimum atomic E-state index is -0.301. The van der Waals surface area contributed by atoms with Crippen molar-refractivity contribution in [3.8, 4) is 0 Å². The van der Waals surface area contributed by atoms with Crippen LogP contribution in [0.2, 0.25) is 0 Å². The van der Waals surface area contributed by atoms with Gasteiger partial charge >= 0.3 is 6.09 Å². The Morgan fingerprint density at radius 3 is 2.41 bits per heavy atom. The van der Waals surface area contributed by atoms with Crippen LogP contribution in [-0.2, 0) is 11.2 Å². The Kier molecular flexibility index (Phi) is 7.44. The molecule has 0 atom stereocenters. The number of rotatable bonds is 6. The fourth-order valence-corrected chi connectivity index (χ4v) is 1.69. The molecule has 1 rings (SSSR count). The van der Waals surface area contributed by atoms with E-state index in [0.29, 0.717) is 6.61 Å². The summed E-state index contributed by atoms with van der Waals surface area (Å²) in [6, 6.07) is 10.4. The Morgan fingerprint density at radius 1 is 1.14 bits per heavy atom. The molecule has 0 aliphatic carbocycles. The lowest BCUT2D eigenvalue weighted by Crippen LogP contribution is -2.42. The van der Waals surface area contributed by atoms with Crippen molar-refractivity contribution < 1.29 is 9.53 Å². The topological polar surface area (TPSA) is 29.5 Å². The van der Waals surface area contributed by atoms with Crippen molar-refractivity contribution in [2.75, 3.05) is 13.7 Å². The highest BCUT2D eigenvalue weighted by atomic mass is 16.6. The number of aryl methyl sites for hydroxylation is 1. The van der Waals surface area contributed by atoms with Crippen LogP contribution in [0.3, 0.4) is 0 Å². The molecular formula is C19H27NO2. The molecule has 0 aromatic heterocycles. The average Bonchev–Trinajstić information content (AvgIpc) is 2.49. The van der Waals surface area contributed by atoms with E-state index >= 15 is 0 Å². The van der Waals surface area contributed by atoms with Crippen LogP contribution in [0.15, 0.2) is 54.6 Å². The summed E-state index contributed by atoms with van der Waals surface area (Å²) in [6.45, 7) is 6.21. The van der Waals surface area contributed by atoms with Crippen molar-refractivity contribution in [1.29, 1.82) is 0 Å². The van der Waals surface area contributed by atoms with Crippen LogP contribution in [0.1, 0.15) is 32.8 Å². The summed E-state index contributed by atoms with van der Waals surface area (Å²) < 4.78 is 5.17. The van der Waals surface area contributed by atoms with Crippen molar-refractivity contribution in [2.45, 2.75) is 39.2 Å². The zero-order valence-corrected chi connectivity index (χ0v) is 14.1. The number of ether oxygens (including phenoxy) is 1. The molecule has 0 spiro atoms. The van der Waals surface area contributed by atoms with Crippen LogP contribution in [0.25, 0.3) is 0 Å². The largest absolute Gasteiger partial charge is 0.445 e. The van der Waals surface area contributed by atoms with E-state index in [1.165, 1.54) is 5.56 Å². The first kappa shape index (κ1) is 18.0. The third-order valence-electron chi connectivity index (χ3n) is 3.41. The summed E-state index contributed by atoms with van der Waals surface area (Å²) in [5.41, 5.74) is 1.12. The minimum Gasteiger partial charge on any atom is -0.445 e. The van der Waals surface area contributed by atoms with E-state index < -0.39 is 0 Å². The molecule has 120 valence electrons. The third kappa shape index (κ3) is 7.11. The fraction of sp³-hybridized carbons (Fsp3) is 0.421. The van der Waals surface area contributed by atoms with Gasteiger partial charge in [0.15, 0.2) is 0 Å². The van der Waals surface area contributed by atoms with Gasteiger partial charge in [-0.1, -0.05) is 48.6 Å². The van der Waals surface area contributed by atoms with Gasteiger partial charge in [-0.15, -0.1) is 0 Å². The van der Waals surface area contributed by atoms with Gasteiger partial charge in [0.25, 0.3) is 0 Å². The monoisotopic (exact) mass is 301 g/mol. The summed E-state index contributed by atoms with van der Waals surface area (Å²) in [5, 5.41) is 0. The zero-order chi connectivity index (χ0) is 16.4. The number of hydrogen-bond donors (Lipinski definition) is 0. The molecule has 0 N–H and O–H groups in total. The van der Waals surface area contributed by atoms with Gasteiger partial charge < -0.3 is 9.64 Å². The molecule has 0 bridgehead atoms. The second kappa shape index (κ2) is 9.08. The maximum atomic E-state index is 11.7. The summed E-state index contributed by atoms with van der Waals surface area (Å²) in [7, 11) is 1.75. The number of nitrogens with zero attached hydrogens (tertiary/aromatic N) is 1. The highest BCUT2D eigenvalue weighted by molar-refractivity contribution is 5.68. The minimum absolute atomic E-state index is 0.224. The van der Waals surface area contributed by atoms with Crippen molar-refractivity contribution in [1.82, 2.24) is 4.90 Å². The van der Waals surface area contributed by atoms with E-state index in [9.17, 15) is 4.79 Å². The van der Waals surface area contributed by atoms with Gasteiger partial charge in [0, 0.05) is 12.6 Å². The van der Waals surface area contributed by atoms with E-state index in [4.69, 9.17) is 4.74 Å². The van der Waals surface area contributed by atoms with Gasteiger partial charge in [-0.25, -0.2) is 4.79 Å². The highest BCUT2D eigenvalue weighted by Gasteiger charge is 2.22. The Morgan fingerprint density at radius 2 is 1.77 bits per heavy atom. The lowest BCUT2D eigenvalue weighted by molar-refractivity contribution is 0.0896. The van der Waals surface area contributed by atoms with Crippen LogP contribution < -0.4 is 0 Å². The molecule has 0 radical (unpaired) electrons. The number of allylic oxidation sites excluding steroid dienone is 3. The zero-order valence-electron chi connectivity index (χ0n) is 14.1. The van der Waals surface area contributed by atoms with E-state index in [1.54, 1.807) is 11.9 Å². The molecular weight excluding hydrogens is 274 g/mol. The van der Waals surface area contributed by atoms with Crippen LogP contribution >= 0.6 is 0 Å². The summed E-state index contributed by atoms with van der Waals surface area (Å²) >= 11 is 0. The summed E-state index contributed by atoms with van der Waals surface area (Å²) in [6.07, 6.45) is 9.60. The molecule has 3 nitrogen and oxygen atoms in total. The van der Waals surface area contributed by atoms with Crippen molar-refractivity contribution >= 4 is 6.09 Å². The first-order valence-corrected chi connectivity index (χ1v) is 7.67. The van der Waals surface area contributed by atoms with Crippen LogP contribution in [-0.4, -0.2) is 30.2 Å². The second-order valence-electron chi connectivity index (χ2n) is 6.19. The quantitative estimate of drug-likeness (QED) is 0.719. The first-order valence-electron chi connectivity index (χ1n) is 7.67. The van der Waals surface area contributed by atoms with Gasteiger partial charge in [0.05, 0.1) is 0 Å². The number of benzene rings is 1. The van der Waals surface area contributed by atoms with E-state index in [2.05, 4.69) is 30.3 Å². The molecule has 0 saturated heterocycles. The van der Waals surface area contributed by atoms with Gasteiger partial charge in [-0.3, -0.25) is 0 Å². The Bertz CT molecular complexity index is 498. The molecule has 1 amide bonds. The van der Waals surface area contributed by atoms with E-state index in [0.717, 1.165) is 12.8 Å². The maximum absolute atomic E-state index is 11.7. The average molecular weight is 301 g/mol.